The first-order valence-corrected chi connectivity index (χ1v) is 30.5. The summed E-state index contributed by atoms with van der Waals surface area (Å²) in [5, 5.41) is 3.37. The van der Waals surface area contributed by atoms with Gasteiger partial charge in [0.25, 0.3) is 0 Å². The van der Waals surface area contributed by atoms with Crippen molar-refractivity contribution in [2.45, 2.75) is 174 Å². The molecule has 2 aromatic heterocycles. The van der Waals surface area contributed by atoms with Crippen LogP contribution in [0.3, 0.4) is 0 Å². The number of anilines is 5. The number of fused-ring (bicyclic) bond motifs is 15. The van der Waals surface area contributed by atoms with Gasteiger partial charge in [0.1, 0.15) is 16.8 Å². The first-order valence-electron chi connectivity index (χ1n) is 30.5. The van der Waals surface area contributed by atoms with E-state index < -0.39 is 0 Å². The molecule has 0 amide bonds. The molecule has 2 aliphatic heterocycles. The van der Waals surface area contributed by atoms with Gasteiger partial charge in [-0.3, -0.25) is 0 Å². The van der Waals surface area contributed by atoms with E-state index in [1.54, 1.807) is 0 Å². The third kappa shape index (κ3) is 7.16. The van der Waals surface area contributed by atoms with E-state index in [9.17, 15) is 0 Å². The minimum Gasteiger partial charge on any atom is -0.466 e. The van der Waals surface area contributed by atoms with E-state index in [-0.39, 0.29) is 44.8 Å². The second-order valence-corrected chi connectivity index (χ2v) is 30.6. The maximum absolute atomic E-state index is 7.92. The molecule has 82 heavy (non-hydrogen) atoms. The smallest absolute Gasteiger partial charge is 0.376 e. The van der Waals surface area contributed by atoms with E-state index in [4.69, 9.17) is 8.83 Å². The monoisotopic (exact) mass is 1070 g/mol. The summed E-state index contributed by atoms with van der Waals surface area (Å²) in [7, 11) is 0. The van der Waals surface area contributed by atoms with Gasteiger partial charge >= 0.3 is 6.85 Å². The summed E-state index contributed by atoms with van der Waals surface area (Å²) in [5.74, 6) is 0. The molecule has 4 nitrogen and oxygen atoms in total. The van der Waals surface area contributed by atoms with Crippen LogP contribution in [0, 0.1) is 0 Å². The van der Waals surface area contributed by atoms with E-state index in [1.165, 1.54) is 102 Å². The lowest BCUT2D eigenvalue weighted by Gasteiger charge is -2.44. The zero-order valence-corrected chi connectivity index (χ0v) is 51.4. The Morgan fingerprint density at radius 1 is 0.415 bits per heavy atom. The summed E-state index contributed by atoms with van der Waals surface area (Å²) < 4.78 is 15.4. The molecule has 0 fully saturated rings. The predicted molar refractivity (Wildman–Crippen MR) is 348 cm³/mol. The Morgan fingerprint density at radius 3 is 1.65 bits per heavy atom. The number of benzene rings is 8. The number of rotatable bonds is 3. The van der Waals surface area contributed by atoms with Gasteiger partial charge in [0.15, 0.2) is 5.58 Å². The molecule has 8 aromatic carbocycles. The lowest BCUT2D eigenvalue weighted by molar-refractivity contribution is 0.331. The van der Waals surface area contributed by atoms with Crippen molar-refractivity contribution >= 4 is 79.3 Å². The predicted octanol–water partition coefficient (Wildman–Crippen LogP) is 20.3. The fourth-order valence-electron chi connectivity index (χ4n) is 15.7. The van der Waals surface area contributed by atoms with Crippen molar-refractivity contribution in [2.75, 3.05) is 9.71 Å². The zero-order chi connectivity index (χ0) is 57.3. The van der Waals surface area contributed by atoms with Crippen molar-refractivity contribution in [3.05, 3.63) is 184 Å². The maximum Gasteiger partial charge on any atom is 0.376 e. The van der Waals surface area contributed by atoms with Crippen LogP contribution in [0.25, 0.3) is 66.3 Å². The maximum atomic E-state index is 7.92. The Bertz CT molecular complexity index is 4390. The van der Waals surface area contributed by atoms with Crippen molar-refractivity contribution in [3.8, 4) is 33.4 Å². The SMILES string of the molecule is CC(C)(C)c1ccc(N2B3c4oc5cc6c(cc5c4N(c4ccc(C(C)(C)C)cc4-c4ccccc4)c4c3c(cc3c4oc4ccccc43)-c3cc4c(cc32)C(C)(C)c2cc3c(cc2-4)C(C)(C)CCC3(C)C)C(C)(C)CCC6(C)C)cc1. The quantitative estimate of drug-likeness (QED) is 0.165. The van der Waals surface area contributed by atoms with E-state index in [0.29, 0.717) is 0 Å². The Kier molecular flexibility index (Phi) is 10.4. The molecule has 0 radical (unpaired) electrons. The van der Waals surface area contributed by atoms with Crippen LogP contribution in [0.15, 0.2) is 148 Å². The highest BCUT2D eigenvalue weighted by Crippen LogP contribution is 2.60. The Labute approximate surface area is 487 Å². The molecule has 0 bridgehead atoms. The third-order valence-electron chi connectivity index (χ3n) is 21.1. The molecular formula is C77H79BN2O2. The van der Waals surface area contributed by atoms with E-state index in [0.717, 1.165) is 74.2 Å². The highest BCUT2D eigenvalue weighted by atomic mass is 16.3. The molecule has 0 unspecified atom stereocenters. The molecule has 5 heteroatoms. The number of nitrogens with zero attached hydrogens (tertiary/aromatic N) is 2. The average molecular weight is 1080 g/mol. The van der Waals surface area contributed by atoms with Crippen molar-refractivity contribution < 1.29 is 8.83 Å². The molecule has 0 atom stereocenters. The van der Waals surface area contributed by atoms with E-state index in [2.05, 4.69) is 260 Å². The van der Waals surface area contributed by atoms with Gasteiger partial charge in [0.05, 0.1) is 17.1 Å². The van der Waals surface area contributed by atoms with Gasteiger partial charge in [-0.1, -0.05) is 184 Å². The topological polar surface area (TPSA) is 32.8 Å². The number of hydrogen-bond donors (Lipinski definition) is 0. The fraction of sp³-hybridized carbons (Fsp3) is 0.351. The standard InChI is InChI=1S/C77H79BN2O2/c1-71(2,3)45-26-29-47(30-27-45)80-63-42-57-50(51-39-58-60(41-56(51)77(57,15)16)75(11,12)34-32-73(58,7)8)37-52(63)53-38-54-48-24-20-21-25-64(48)81-69(54)68-66(53)78(80)70-67(55-40-59-61(43-65(55)82-70)76(13,14)35-33-74(59,9)10)79(68)62-31-28-46(72(4,5)6)36-49(62)44-22-18-17-19-23-44/h17-31,36-43H,32-35H2,1-16H3. The zero-order valence-electron chi connectivity index (χ0n) is 51.4. The lowest BCUT2D eigenvalue weighted by atomic mass is 9.45. The van der Waals surface area contributed by atoms with Crippen LogP contribution >= 0.6 is 0 Å². The van der Waals surface area contributed by atoms with Gasteiger partial charge in [0.2, 0.25) is 0 Å². The van der Waals surface area contributed by atoms with Crippen LogP contribution in [0.2, 0.25) is 0 Å². The normalized spacial score (nSPS) is 18.5. The summed E-state index contributed by atoms with van der Waals surface area (Å²) in [6, 6.07) is 54.4. The van der Waals surface area contributed by atoms with Crippen molar-refractivity contribution in [1.82, 2.24) is 0 Å². The molecule has 15 rings (SSSR count). The molecule has 10 aromatic rings. The summed E-state index contributed by atoms with van der Waals surface area (Å²) in [6.07, 6.45) is 4.58. The van der Waals surface area contributed by atoms with Gasteiger partial charge in [-0.15, -0.1) is 0 Å². The van der Waals surface area contributed by atoms with Gasteiger partial charge in [-0.2, -0.15) is 0 Å². The summed E-state index contributed by atoms with van der Waals surface area (Å²) in [4.78, 5) is 5.28. The van der Waals surface area contributed by atoms with Crippen LogP contribution in [-0.4, -0.2) is 6.85 Å². The van der Waals surface area contributed by atoms with Gasteiger partial charge in [0, 0.05) is 44.1 Å². The molecule has 0 N–H and O–H groups in total. The Hall–Kier alpha value is -7.24. The molecule has 4 heterocycles. The van der Waals surface area contributed by atoms with Crippen LogP contribution in [0.4, 0.5) is 28.4 Å². The highest BCUT2D eigenvalue weighted by molar-refractivity contribution is 6.93. The first-order chi connectivity index (χ1) is 38.6. The van der Waals surface area contributed by atoms with Crippen LogP contribution in [0.1, 0.15) is 181 Å². The number of hydrogen-bond acceptors (Lipinski definition) is 4. The molecule has 0 saturated carbocycles. The Morgan fingerprint density at radius 2 is 0.988 bits per heavy atom. The highest BCUT2D eigenvalue weighted by Gasteiger charge is 2.53. The number of furan rings is 2. The largest absolute Gasteiger partial charge is 0.466 e. The average Bonchev–Trinajstić information content (AvgIpc) is 1.94. The molecule has 0 spiro atoms. The lowest BCUT2D eigenvalue weighted by Crippen LogP contribution is -2.61. The van der Waals surface area contributed by atoms with E-state index >= 15 is 0 Å². The van der Waals surface area contributed by atoms with Crippen LogP contribution < -0.4 is 20.8 Å². The van der Waals surface area contributed by atoms with Crippen LogP contribution in [-0.2, 0) is 37.9 Å². The van der Waals surface area contributed by atoms with Crippen molar-refractivity contribution in [1.29, 1.82) is 0 Å². The molecule has 3 aliphatic carbocycles. The summed E-state index contributed by atoms with van der Waals surface area (Å²) >= 11 is 0. The Balaban J connectivity index is 1.13. The van der Waals surface area contributed by atoms with E-state index in [1.807, 2.05) is 0 Å². The molecule has 412 valence electrons. The molecule has 0 saturated heterocycles. The van der Waals surface area contributed by atoms with Gasteiger partial charge in [-0.05, 0) is 197 Å². The van der Waals surface area contributed by atoms with Crippen LogP contribution in [0.5, 0.6) is 0 Å². The van der Waals surface area contributed by atoms with Crippen molar-refractivity contribution in [3.63, 3.8) is 0 Å². The minimum absolute atomic E-state index is 0.0218. The van der Waals surface area contributed by atoms with Crippen molar-refractivity contribution in [2.24, 2.45) is 0 Å². The first kappa shape index (κ1) is 51.6. The summed E-state index contributed by atoms with van der Waals surface area (Å²) in [5.41, 5.74) is 28.9. The molecule has 5 aliphatic rings. The minimum atomic E-state index is -0.375. The fourth-order valence-corrected chi connectivity index (χ4v) is 15.7. The van der Waals surface area contributed by atoms with Gasteiger partial charge < -0.3 is 18.5 Å². The number of para-hydroxylation sites is 1. The second-order valence-electron chi connectivity index (χ2n) is 30.6. The third-order valence-corrected chi connectivity index (χ3v) is 21.1. The summed E-state index contributed by atoms with van der Waals surface area (Å²) in [6.45, 7) is 38.2. The van der Waals surface area contributed by atoms with Gasteiger partial charge in [-0.25, -0.2) is 0 Å². The molecular weight excluding hydrogens is 996 g/mol. The second kappa shape index (κ2) is 16.5.